The van der Waals surface area contributed by atoms with E-state index in [1.807, 2.05) is 30.1 Å². The number of hydrogen-bond acceptors (Lipinski definition) is 12. The van der Waals surface area contributed by atoms with E-state index in [9.17, 15) is 57.9 Å². The van der Waals surface area contributed by atoms with E-state index in [2.05, 4.69) is 46.3 Å². The highest BCUT2D eigenvalue weighted by Crippen LogP contribution is 2.39. The number of carbonyl (C=O) groups is 3. The topological polar surface area (TPSA) is 245 Å². The SMILES string of the molecule is CCNCc1cc(OC2CCC(N3CC(CC#N)(n4cc(-c5ncnc6[nH]ccc56)cn4)C3)CC2)nc(C(F)(F)F)n1.O=C(O)C(F)(F)F.O=C(O)C(F)(F)F.O=C(O)C(F)(F)F. The second-order valence-corrected chi connectivity index (χ2v) is 13.4. The molecule has 0 aromatic carbocycles. The maximum atomic E-state index is 13.4. The second-order valence-electron chi connectivity index (χ2n) is 13.4. The van der Waals surface area contributed by atoms with Crippen LogP contribution in [0, 0.1) is 11.3 Å². The Labute approximate surface area is 345 Å². The minimum absolute atomic E-state index is 0.0410. The summed E-state index contributed by atoms with van der Waals surface area (Å²) in [6.45, 7) is 4.07. The van der Waals surface area contributed by atoms with Crippen LogP contribution in [-0.4, -0.2) is 123 Å². The van der Waals surface area contributed by atoms with E-state index in [4.69, 9.17) is 34.4 Å². The van der Waals surface area contributed by atoms with E-state index in [1.54, 1.807) is 6.20 Å². The van der Waals surface area contributed by atoms with Crippen molar-refractivity contribution in [3.63, 3.8) is 0 Å². The van der Waals surface area contributed by atoms with Crippen molar-refractivity contribution in [1.82, 2.24) is 44.9 Å². The summed E-state index contributed by atoms with van der Waals surface area (Å²) < 4.78 is 143. The Hall–Kier alpha value is -6.31. The van der Waals surface area contributed by atoms with Crippen molar-refractivity contribution in [3.05, 3.63) is 48.6 Å². The predicted octanol–water partition coefficient (Wildman–Crippen LogP) is 5.95. The Bertz CT molecular complexity index is 2150. The van der Waals surface area contributed by atoms with Gasteiger partial charge in [0.25, 0.3) is 0 Å². The van der Waals surface area contributed by atoms with Crippen LogP contribution in [0.5, 0.6) is 5.88 Å². The quantitative estimate of drug-likeness (QED) is 0.122. The van der Waals surface area contributed by atoms with Gasteiger partial charge in [0.1, 0.15) is 23.6 Å². The van der Waals surface area contributed by atoms with Crippen molar-refractivity contribution >= 4 is 28.9 Å². The van der Waals surface area contributed by atoms with Crippen molar-refractivity contribution in [1.29, 1.82) is 5.26 Å². The van der Waals surface area contributed by atoms with Gasteiger partial charge in [0, 0.05) is 55.1 Å². The number of nitrogens with zero attached hydrogens (tertiary/aromatic N) is 8. The van der Waals surface area contributed by atoms with Crippen LogP contribution in [0.25, 0.3) is 22.3 Å². The third-order valence-electron chi connectivity index (χ3n) is 8.84. The number of ether oxygens (including phenoxy) is 1. The first-order valence-electron chi connectivity index (χ1n) is 17.8. The highest BCUT2D eigenvalue weighted by molar-refractivity contribution is 5.90. The van der Waals surface area contributed by atoms with E-state index >= 15 is 0 Å². The third-order valence-corrected chi connectivity index (χ3v) is 8.84. The molecule has 4 aromatic heterocycles. The maximum absolute atomic E-state index is 13.4. The van der Waals surface area contributed by atoms with Gasteiger partial charge in [-0.25, -0.2) is 29.3 Å². The van der Waals surface area contributed by atoms with Gasteiger partial charge in [-0.3, -0.25) is 9.58 Å². The summed E-state index contributed by atoms with van der Waals surface area (Å²) in [5.74, 6) is -9.50. The second kappa shape index (κ2) is 20.7. The molecule has 1 aliphatic heterocycles. The van der Waals surface area contributed by atoms with Gasteiger partial charge in [-0.05, 0) is 38.3 Å². The number of H-pyrrole nitrogens is 1. The molecule has 0 spiro atoms. The number of alkyl halides is 12. The highest BCUT2D eigenvalue weighted by Gasteiger charge is 2.48. The molecule has 2 fully saturated rings. The van der Waals surface area contributed by atoms with Crippen LogP contribution in [0.1, 0.15) is 50.5 Å². The predicted molar refractivity (Wildman–Crippen MR) is 187 cm³/mol. The first-order chi connectivity index (χ1) is 29.1. The lowest BCUT2D eigenvalue weighted by atomic mass is 9.82. The number of aliphatic carboxylic acids is 3. The van der Waals surface area contributed by atoms with Gasteiger partial charge in [-0.15, -0.1) is 0 Å². The van der Waals surface area contributed by atoms with Gasteiger partial charge in [-0.1, -0.05) is 6.92 Å². The van der Waals surface area contributed by atoms with Gasteiger partial charge in [0.2, 0.25) is 11.7 Å². The molecule has 0 radical (unpaired) electrons. The summed E-state index contributed by atoms with van der Waals surface area (Å²) in [6.07, 6.45) is -9.64. The number of fused-ring (bicyclic) bond motifs is 1. The van der Waals surface area contributed by atoms with Gasteiger partial charge < -0.3 is 30.4 Å². The van der Waals surface area contributed by atoms with Crippen molar-refractivity contribution in [2.45, 2.75) is 88.0 Å². The number of hydrogen-bond donors (Lipinski definition) is 5. The molecule has 0 bridgehead atoms. The van der Waals surface area contributed by atoms with Crippen molar-refractivity contribution < 1.29 is 87.1 Å². The molecule has 0 atom stereocenters. The standard InChI is InChI=1S/C28H31F3N10O.3C2HF3O2/c1-2-33-13-19-11-23(39-26(38-19)28(29,30)31)42-21-5-3-20(4-6-21)40-15-27(16-40,8-9-32)41-14-18(12-37-41)24-22-7-10-34-25(22)36-17-35-24;3*3-2(4,5)1(6)7/h7,10-12,14,17,20-21,33H,2-6,8,13,15-16H2,1H3,(H,34,35,36);3*(H,6,7). The molecular formula is C34H34F12N10O7. The number of aromatic nitrogens is 7. The molecule has 5 heterocycles. The number of halogens is 12. The summed E-state index contributed by atoms with van der Waals surface area (Å²) in [4.78, 5) is 48.2. The fourth-order valence-electron chi connectivity index (χ4n) is 5.96. The third kappa shape index (κ3) is 14.6. The van der Waals surface area contributed by atoms with Crippen LogP contribution in [-0.2, 0) is 32.6 Å². The molecule has 4 aromatic rings. The molecule has 1 aliphatic carbocycles. The van der Waals surface area contributed by atoms with Crippen molar-refractivity contribution in [3.8, 4) is 23.2 Å². The summed E-state index contributed by atoms with van der Waals surface area (Å²) in [7, 11) is 0. The van der Waals surface area contributed by atoms with Crippen LogP contribution in [0.15, 0.2) is 37.1 Å². The van der Waals surface area contributed by atoms with Crippen molar-refractivity contribution in [2.24, 2.45) is 0 Å². The molecule has 63 heavy (non-hydrogen) atoms. The maximum Gasteiger partial charge on any atom is 0.490 e. The molecular weight excluding hydrogens is 888 g/mol. The number of carboxylic acid groups (broad SMARTS) is 3. The fourth-order valence-corrected chi connectivity index (χ4v) is 5.96. The van der Waals surface area contributed by atoms with Crippen LogP contribution in [0.2, 0.25) is 0 Å². The minimum Gasteiger partial charge on any atom is -0.475 e. The molecule has 0 amide bonds. The number of rotatable bonds is 9. The van der Waals surface area contributed by atoms with Crippen LogP contribution in [0.3, 0.4) is 0 Å². The summed E-state index contributed by atoms with van der Waals surface area (Å²) >= 11 is 0. The Morgan fingerprint density at radius 2 is 1.46 bits per heavy atom. The summed E-state index contributed by atoms with van der Waals surface area (Å²) in [6, 6.07) is 6.05. The smallest absolute Gasteiger partial charge is 0.475 e. The molecule has 2 aliphatic rings. The average Bonchev–Trinajstić information content (AvgIpc) is 3.86. The van der Waals surface area contributed by atoms with E-state index in [1.165, 1.54) is 12.4 Å². The molecule has 0 unspecified atom stereocenters. The summed E-state index contributed by atoms with van der Waals surface area (Å²) in [5, 5.41) is 39.6. The minimum atomic E-state index is -5.08. The lowest BCUT2D eigenvalue weighted by Gasteiger charge is -2.53. The molecule has 5 N–H and O–H groups in total. The normalized spacial score (nSPS) is 17.6. The largest absolute Gasteiger partial charge is 0.490 e. The number of aromatic amines is 1. The first-order valence-corrected chi connectivity index (χ1v) is 17.8. The van der Waals surface area contributed by atoms with E-state index < -0.39 is 54.0 Å². The van der Waals surface area contributed by atoms with Gasteiger partial charge in [0.15, 0.2) is 0 Å². The van der Waals surface area contributed by atoms with Gasteiger partial charge in [-0.2, -0.15) is 68.0 Å². The van der Waals surface area contributed by atoms with Gasteiger partial charge >= 0.3 is 42.6 Å². The molecule has 1 saturated carbocycles. The van der Waals surface area contributed by atoms with Crippen LogP contribution < -0.4 is 10.1 Å². The fraction of sp³-hybridized carbons (Fsp3) is 0.500. The Morgan fingerprint density at radius 3 is 1.95 bits per heavy atom. The highest BCUT2D eigenvalue weighted by atomic mass is 19.4. The van der Waals surface area contributed by atoms with Crippen LogP contribution in [0.4, 0.5) is 52.7 Å². The number of carboxylic acids is 3. The first kappa shape index (κ1) is 51.0. The molecule has 29 heteroatoms. The number of nitriles is 1. The van der Waals surface area contributed by atoms with E-state index in [-0.39, 0.29) is 24.2 Å². The zero-order chi connectivity index (χ0) is 47.6. The van der Waals surface area contributed by atoms with Gasteiger partial charge in [0.05, 0.1) is 30.1 Å². The monoisotopic (exact) mass is 922 g/mol. The molecule has 6 rings (SSSR count). The Kier molecular flexibility index (Phi) is 16.8. The molecule has 346 valence electrons. The van der Waals surface area contributed by atoms with Crippen LogP contribution >= 0.6 is 0 Å². The number of likely N-dealkylation sites (tertiary alicyclic amines) is 1. The molecule has 1 saturated heterocycles. The Balaban J connectivity index is 0.000000416. The van der Waals surface area contributed by atoms with Crippen molar-refractivity contribution in [2.75, 3.05) is 19.6 Å². The summed E-state index contributed by atoms with van der Waals surface area (Å²) in [5.41, 5.74) is 2.22. The Morgan fingerprint density at radius 1 is 0.905 bits per heavy atom. The molecule has 17 nitrogen and oxygen atoms in total. The lowest BCUT2D eigenvalue weighted by molar-refractivity contribution is -0.193. The van der Waals surface area contributed by atoms with E-state index in [0.717, 1.165) is 35.1 Å². The zero-order valence-electron chi connectivity index (χ0n) is 32.1. The average molecular weight is 923 g/mol. The van der Waals surface area contributed by atoms with E-state index in [0.29, 0.717) is 44.9 Å². The number of nitrogens with one attached hydrogen (secondary N) is 2. The lowest BCUT2D eigenvalue weighted by Crippen LogP contribution is -2.65. The zero-order valence-corrected chi connectivity index (χ0v) is 32.1.